The van der Waals surface area contributed by atoms with Gasteiger partial charge in [0.1, 0.15) is 5.60 Å². The molecule has 1 rings (SSSR count). The predicted molar refractivity (Wildman–Crippen MR) is 79.6 cm³/mol. The first-order valence-corrected chi connectivity index (χ1v) is 7.07. The smallest absolute Gasteiger partial charge is 0.408 e. The van der Waals surface area contributed by atoms with E-state index in [2.05, 4.69) is 35.6 Å². The van der Waals surface area contributed by atoms with E-state index >= 15 is 0 Å². The molecule has 0 aliphatic heterocycles. The third kappa shape index (κ3) is 4.54. The summed E-state index contributed by atoms with van der Waals surface area (Å²) in [6.45, 7) is 13.9. The van der Waals surface area contributed by atoms with Crippen LogP contribution in [-0.2, 0) is 10.3 Å². The van der Waals surface area contributed by atoms with Gasteiger partial charge in [-0.15, -0.1) is 0 Å². The number of carbonyl (C=O) groups is 1. The van der Waals surface area contributed by atoms with Crippen LogP contribution in [0.15, 0.2) is 12.5 Å². The molecule has 0 saturated carbocycles. The average Bonchev–Trinajstić information content (AvgIpc) is 2.71. The summed E-state index contributed by atoms with van der Waals surface area (Å²) >= 11 is 0. The van der Waals surface area contributed by atoms with Crippen molar-refractivity contribution in [2.45, 2.75) is 72.1 Å². The van der Waals surface area contributed by atoms with E-state index in [0.29, 0.717) is 0 Å². The van der Waals surface area contributed by atoms with E-state index in [1.807, 2.05) is 27.7 Å². The van der Waals surface area contributed by atoms with Crippen molar-refractivity contribution in [1.82, 2.24) is 14.9 Å². The van der Waals surface area contributed by atoms with Gasteiger partial charge in [-0.05, 0) is 48.0 Å². The fraction of sp³-hybridized carbons (Fsp3) is 0.733. The first-order chi connectivity index (χ1) is 9.04. The molecule has 0 fully saturated rings. The van der Waals surface area contributed by atoms with Crippen LogP contribution in [0.5, 0.6) is 0 Å². The van der Waals surface area contributed by atoms with Gasteiger partial charge in [-0.1, -0.05) is 6.92 Å². The second kappa shape index (κ2) is 5.85. The van der Waals surface area contributed by atoms with Crippen LogP contribution in [0.2, 0.25) is 0 Å². The number of hydrogen-bond donors (Lipinski definition) is 1. The molecule has 1 heterocycles. The number of ether oxygens (including phenoxy) is 1. The van der Waals surface area contributed by atoms with E-state index < -0.39 is 11.7 Å². The van der Waals surface area contributed by atoms with Crippen molar-refractivity contribution in [2.24, 2.45) is 0 Å². The summed E-state index contributed by atoms with van der Waals surface area (Å²) in [6.07, 6.45) is 3.98. The van der Waals surface area contributed by atoms with Crippen molar-refractivity contribution >= 4 is 6.09 Å². The SMILES string of the molecule is CC[C@@H](NC(=O)OC(C)(C)C)c1cncn1C(C)(C)C. The van der Waals surface area contributed by atoms with Gasteiger partial charge in [0, 0.05) is 5.54 Å². The number of carbonyl (C=O) groups excluding carboxylic acids is 1. The molecule has 0 spiro atoms. The fourth-order valence-electron chi connectivity index (χ4n) is 1.96. The molecule has 5 nitrogen and oxygen atoms in total. The molecule has 0 saturated heterocycles. The number of alkyl carbamates (subject to hydrolysis) is 1. The van der Waals surface area contributed by atoms with Crippen LogP contribution in [0.25, 0.3) is 0 Å². The van der Waals surface area contributed by atoms with E-state index in [4.69, 9.17) is 4.74 Å². The molecule has 0 bridgehead atoms. The van der Waals surface area contributed by atoms with Crippen molar-refractivity contribution in [3.05, 3.63) is 18.2 Å². The highest BCUT2D eigenvalue weighted by molar-refractivity contribution is 5.68. The van der Waals surface area contributed by atoms with Gasteiger partial charge in [0.05, 0.1) is 24.3 Å². The van der Waals surface area contributed by atoms with Crippen LogP contribution in [0.1, 0.15) is 66.6 Å². The lowest BCUT2D eigenvalue weighted by Gasteiger charge is -2.28. The molecule has 0 aliphatic carbocycles. The van der Waals surface area contributed by atoms with Crippen LogP contribution in [0.3, 0.4) is 0 Å². The normalized spacial score (nSPS) is 13.9. The van der Waals surface area contributed by atoms with Crippen LogP contribution < -0.4 is 5.32 Å². The number of aromatic nitrogens is 2. The van der Waals surface area contributed by atoms with Crippen molar-refractivity contribution in [2.75, 3.05) is 0 Å². The highest BCUT2D eigenvalue weighted by Gasteiger charge is 2.24. The zero-order valence-corrected chi connectivity index (χ0v) is 13.7. The molecule has 0 radical (unpaired) electrons. The highest BCUT2D eigenvalue weighted by Crippen LogP contribution is 2.23. The van der Waals surface area contributed by atoms with Crippen molar-refractivity contribution in [1.29, 1.82) is 0 Å². The number of hydrogen-bond acceptors (Lipinski definition) is 3. The molecule has 0 aliphatic rings. The Kier molecular flexibility index (Phi) is 4.84. The van der Waals surface area contributed by atoms with Gasteiger partial charge in [-0.25, -0.2) is 9.78 Å². The third-order valence-electron chi connectivity index (χ3n) is 2.85. The monoisotopic (exact) mass is 281 g/mol. The molecule has 1 atom stereocenters. The summed E-state index contributed by atoms with van der Waals surface area (Å²) in [4.78, 5) is 16.1. The fourth-order valence-corrected chi connectivity index (χ4v) is 1.96. The van der Waals surface area contributed by atoms with Crippen molar-refractivity contribution < 1.29 is 9.53 Å². The van der Waals surface area contributed by atoms with Crippen LogP contribution in [0, 0.1) is 0 Å². The maximum Gasteiger partial charge on any atom is 0.408 e. The van der Waals surface area contributed by atoms with Gasteiger partial charge in [0.25, 0.3) is 0 Å². The number of nitrogens with zero attached hydrogens (tertiary/aromatic N) is 2. The summed E-state index contributed by atoms with van der Waals surface area (Å²) in [6, 6.07) is -0.105. The zero-order chi connectivity index (χ0) is 15.6. The number of imidazole rings is 1. The second-order valence-electron chi connectivity index (χ2n) is 6.97. The summed E-state index contributed by atoms with van der Waals surface area (Å²) < 4.78 is 7.40. The lowest BCUT2D eigenvalue weighted by molar-refractivity contribution is 0.0499. The molecule has 1 N–H and O–H groups in total. The minimum Gasteiger partial charge on any atom is -0.444 e. The maximum atomic E-state index is 11.9. The molecule has 5 heteroatoms. The Labute approximate surface area is 121 Å². The molecule has 1 aromatic heterocycles. The van der Waals surface area contributed by atoms with Gasteiger partial charge in [-0.3, -0.25) is 0 Å². The standard InChI is InChI=1S/C15H27N3O2/c1-8-11(17-13(19)20-15(5,6)7)12-9-16-10-18(12)14(2,3)4/h9-11H,8H2,1-7H3,(H,17,19)/t11-/m1/s1. The molecule has 0 aromatic carbocycles. The summed E-state index contributed by atoms with van der Waals surface area (Å²) in [5.74, 6) is 0. The number of amides is 1. The van der Waals surface area contributed by atoms with E-state index in [9.17, 15) is 4.79 Å². The number of rotatable bonds is 3. The van der Waals surface area contributed by atoms with Gasteiger partial charge in [-0.2, -0.15) is 0 Å². The molecule has 114 valence electrons. The van der Waals surface area contributed by atoms with Gasteiger partial charge < -0.3 is 14.6 Å². The lowest BCUT2D eigenvalue weighted by Crippen LogP contribution is -2.36. The van der Waals surface area contributed by atoms with E-state index in [0.717, 1.165) is 12.1 Å². The Morgan fingerprint density at radius 1 is 1.35 bits per heavy atom. The second-order valence-corrected chi connectivity index (χ2v) is 6.97. The summed E-state index contributed by atoms with van der Waals surface area (Å²) in [7, 11) is 0. The van der Waals surface area contributed by atoms with Gasteiger partial charge >= 0.3 is 6.09 Å². The van der Waals surface area contributed by atoms with E-state index in [1.54, 1.807) is 12.5 Å². The zero-order valence-electron chi connectivity index (χ0n) is 13.7. The maximum absolute atomic E-state index is 11.9. The Morgan fingerprint density at radius 3 is 2.40 bits per heavy atom. The Balaban J connectivity index is 2.88. The summed E-state index contributed by atoms with van der Waals surface area (Å²) in [5, 5.41) is 2.92. The first-order valence-electron chi connectivity index (χ1n) is 7.07. The minimum atomic E-state index is -0.493. The average molecular weight is 281 g/mol. The predicted octanol–water partition coefficient (Wildman–Crippen LogP) is 3.61. The Hall–Kier alpha value is -1.52. The Bertz CT molecular complexity index is 452. The topological polar surface area (TPSA) is 56.1 Å². The van der Waals surface area contributed by atoms with Crippen LogP contribution in [-0.4, -0.2) is 21.2 Å². The largest absolute Gasteiger partial charge is 0.444 e. The molecule has 0 unspecified atom stereocenters. The van der Waals surface area contributed by atoms with E-state index in [1.165, 1.54) is 0 Å². The molecule has 20 heavy (non-hydrogen) atoms. The van der Waals surface area contributed by atoms with Crippen molar-refractivity contribution in [3.8, 4) is 0 Å². The van der Waals surface area contributed by atoms with Gasteiger partial charge in [0.15, 0.2) is 0 Å². The number of nitrogens with one attached hydrogen (secondary N) is 1. The van der Waals surface area contributed by atoms with E-state index in [-0.39, 0.29) is 11.6 Å². The minimum absolute atomic E-state index is 0.0745. The third-order valence-corrected chi connectivity index (χ3v) is 2.85. The molecular weight excluding hydrogens is 254 g/mol. The molecule has 1 amide bonds. The lowest BCUT2D eigenvalue weighted by atomic mass is 10.1. The van der Waals surface area contributed by atoms with Crippen LogP contribution in [0.4, 0.5) is 4.79 Å². The van der Waals surface area contributed by atoms with Crippen LogP contribution >= 0.6 is 0 Å². The highest BCUT2D eigenvalue weighted by atomic mass is 16.6. The molecular formula is C15H27N3O2. The molecule has 1 aromatic rings. The quantitative estimate of drug-likeness (QED) is 0.920. The summed E-state index contributed by atoms with van der Waals surface area (Å²) in [5.41, 5.74) is 0.424. The Morgan fingerprint density at radius 2 is 1.95 bits per heavy atom. The van der Waals surface area contributed by atoms with Gasteiger partial charge in [0.2, 0.25) is 0 Å². The first kappa shape index (κ1) is 16.5. The van der Waals surface area contributed by atoms with Crippen molar-refractivity contribution in [3.63, 3.8) is 0 Å².